The quantitative estimate of drug-likeness (QED) is 0.866. The molecule has 3 nitrogen and oxygen atoms in total. The Morgan fingerprint density at radius 1 is 1.17 bits per heavy atom. The van der Waals surface area contributed by atoms with Crippen molar-refractivity contribution in [2.75, 3.05) is 19.7 Å². The summed E-state index contributed by atoms with van der Waals surface area (Å²) in [6.45, 7) is 2.19. The third-order valence-corrected chi connectivity index (χ3v) is 5.00. The largest absolute Gasteiger partial charge is 0.377 e. The zero-order chi connectivity index (χ0) is 16.6. The molecule has 0 N–H and O–H groups in total. The molecule has 2 aromatic rings. The van der Waals surface area contributed by atoms with Crippen molar-refractivity contribution in [3.63, 3.8) is 0 Å². The van der Waals surface area contributed by atoms with Gasteiger partial charge >= 0.3 is 0 Å². The van der Waals surface area contributed by atoms with Crippen LogP contribution in [0.2, 0.25) is 0 Å². The fraction of sp³-hybridized carbons (Fsp3) is 0.350. The van der Waals surface area contributed by atoms with E-state index in [-0.39, 0.29) is 23.2 Å². The van der Waals surface area contributed by atoms with Gasteiger partial charge in [-0.1, -0.05) is 30.3 Å². The molecule has 0 radical (unpaired) electrons. The second-order valence-electron chi connectivity index (χ2n) is 7.00. The minimum absolute atomic E-state index is 0.0857. The number of halogens is 1. The highest BCUT2D eigenvalue weighted by molar-refractivity contribution is 5.94. The SMILES string of the molecule is O=C(c1ccccc1)N1CC2(CO[C@H](Cc3cccc(F)c3)C2)C1. The number of carbonyl (C=O) groups is 1. The maximum Gasteiger partial charge on any atom is 0.253 e. The molecule has 2 aromatic carbocycles. The minimum atomic E-state index is -0.205. The summed E-state index contributed by atoms with van der Waals surface area (Å²) in [5, 5.41) is 0. The van der Waals surface area contributed by atoms with Gasteiger partial charge in [-0.05, 0) is 42.7 Å². The number of ether oxygens (including phenoxy) is 1. The summed E-state index contributed by atoms with van der Waals surface area (Å²) < 4.78 is 19.2. The first-order valence-corrected chi connectivity index (χ1v) is 8.34. The van der Waals surface area contributed by atoms with Crippen LogP contribution >= 0.6 is 0 Å². The van der Waals surface area contributed by atoms with Crippen molar-refractivity contribution in [2.45, 2.75) is 18.9 Å². The second-order valence-corrected chi connectivity index (χ2v) is 7.00. The van der Waals surface area contributed by atoms with Crippen LogP contribution in [0.1, 0.15) is 22.3 Å². The molecule has 1 spiro atoms. The number of nitrogens with zero attached hydrogens (tertiary/aromatic N) is 1. The molecule has 1 amide bonds. The molecule has 1 atom stereocenters. The second kappa shape index (κ2) is 6.02. The van der Waals surface area contributed by atoms with Crippen molar-refractivity contribution in [2.24, 2.45) is 5.41 Å². The highest BCUT2D eigenvalue weighted by Crippen LogP contribution is 2.42. The van der Waals surface area contributed by atoms with Gasteiger partial charge in [0.2, 0.25) is 0 Å². The third kappa shape index (κ3) is 2.94. The van der Waals surface area contributed by atoms with Gasteiger partial charge in [0.05, 0.1) is 12.7 Å². The van der Waals surface area contributed by atoms with Crippen LogP contribution < -0.4 is 0 Å². The van der Waals surface area contributed by atoms with E-state index in [0.29, 0.717) is 6.61 Å². The van der Waals surface area contributed by atoms with E-state index in [1.54, 1.807) is 12.1 Å². The van der Waals surface area contributed by atoms with Crippen LogP contribution in [-0.4, -0.2) is 36.6 Å². The van der Waals surface area contributed by atoms with Crippen molar-refractivity contribution < 1.29 is 13.9 Å². The molecular formula is C20H20FNO2. The zero-order valence-electron chi connectivity index (χ0n) is 13.5. The van der Waals surface area contributed by atoms with E-state index >= 15 is 0 Å². The van der Waals surface area contributed by atoms with Gasteiger partial charge in [-0.25, -0.2) is 4.39 Å². The van der Waals surface area contributed by atoms with E-state index in [4.69, 9.17) is 4.74 Å². The first kappa shape index (κ1) is 15.3. The minimum Gasteiger partial charge on any atom is -0.377 e. The lowest BCUT2D eigenvalue weighted by atomic mass is 9.77. The third-order valence-electron chi connectivity index (χ3n) is 5.00. The Bertz CT molecular complexity index is 740. The molecule has 2 aliphatic heterocycles. The smallest absolute Gasteiger partial charge is 0.253 e. The van der Waals surface area contributed by atoms with Crippen LogP contribution in [0.25, 0.3) is 0 Å². The average molecular weight is 325 g/mol. The number of benzene rings is 2. The molecule has 2 saturated heterocycles. The number of rotatable bonds is 3. The highest BCUT2D eigenvalue weighted by Gasteiger charge is 2.50. The van der Waals surface area contributed by atoms with Crippen LogP contribution in [-0.2, 0) is 11.2 Å². The van der Waals surface area contributed by atoms with Crippen molar-refractivity contribution >= 4 is 5.91 Å². The topological polar surface area (TPSA) is 29.5 Å². The summed E-state index contributed by atoms with van der Waals surface area (Å²) in [5.74, 6) is -0.113. The Labute approximate surface area is 141 Å². The van der Waals surface area contributed by atoms with E-state index < -0.39 is 0 Å². The summed E-state index contributed by atoms with van der Waals surface area (Å²) in [6, 6.07) is 16.1. The maximum atomic E-state index is 13.3. The average Bonchev–Trinajstić information content (AvgIpc) is 2.98. The molecule has 0 bridgehead atoms. The molecule has 0 aromatic heterocycles. The Balaban J connectivity index is 1.34. The number of amides is 1. The molecule has 124 valence electrons. The highest BCUT2D eigenvalue weighted by atomic mass is 19.1. The van der Waals surface area contributed by atoms with Crippen LogP contribution in [0.3, 0.4) is 0 Å². The van der Waals surface area contributed by atoms with E-state index in [9.17, 15) is 9.18 Å². The van der Waals surface area contributed by atoms with E-state index in [1.807, 2.05) is 41.3 Å². The van der Waals surface area contributed by atoms with Crippen molar-refractivity contribution in [1.29, 1.82) is 0 Å². The predicted molar refractivity (Wildman–Crippen MR) is 89.2 cm³/mol. The molecule has 2 fully saturated rings. The van der Waals surface area contributed by atoms with Crippen LogP contribution in [0.5, 0.6) is 0 Å². The fourth-order valence-corrected chi connectivity index (χ4v) is 3.84. The first-order valence-electron chi connectivity index (χ1n) is 8.34. The lowest BCUT2D eigenvalue weighted by molar-refractivity contribution is -0.00133. The van der Waals surface area contributed by atoms with Gasteiger partial charge in [-0.3, -0.25) is 4.79 Å². The fourth-order valence-electron chi connectivity index (χ4n) is 3.84. The summed E-state index contributed by atoms with van der Waals surface area (Å²) in [6.07, 6.45) is 1.77. The maximum absolute atomic E-state index is 13.3. The van der Waals surface area contributed by atoms with Gasteiger partial charge in [-0.15, -0.1) is 0 Å². The molecule has 2 aliphatic rings. The lowest BCUT2D eigenvalue weighted by Crippen LogP contribution is -2.58. The van der Waals surface area contributed by atoms with Gasteiger partial charge in [0, 0.05) is 24.1 Å². The Morgan fingerprint density at radius 2 is 1.96 bits per heavy atom. The van der Waals surface area contributed by atoms with Gasteiger partial charge in [0.25, 0.3) is 5.91 Å². The van der Waals surface area contributed by atoms with E-state index in [2.05, 4.69) is 0 Å². The standard InChI is InChI=1S/C20H20FNO2/c21-17-8-4-5-15(9-17)10-18-11-20(14-24-18)12-22(13-20)19(23)16-6-2-1-3-7-16/h1-9,18H,10-14H2/t18-/m1/s1. The normalized spacial score (nSPS) is 21.7. The number of likely N-dealkylation sites (tertiary alicyclic amines) is 1. The van der Waals surface area contributed by atoms with Crippen molar-refractivity contribution in [1.82, 2.24) is 4.90 Å². The molecule has 2 heterocycles. The molecule has 0 aliphatic carbocycles. The molecule has 0 saturated carbocycles. The van der Waals surface area contributed by atoms with Crippen LogP contribution in [0.4, 0.5) is 4.39 Å². The van der Waals surface area contributed by atoms with Gasteiger partial charge in [0.1, 0.15) is 5.82 Å². The zero-order valence-corrected chi connectivity index (χ0v) is 13.5. The Hall–Kier alpha value is -2.20. The van der Waals surface area contributed by atoms with Crippen molar-refractivity contribution in [3.8, 4) is 0 Å². The van der Waals surface area contributed by atoms with E-state index in [0.717, 1.165) is 37.1 Å². The van der Waals surface area contributed by atoms with Gasteiger partial charge < -0.3 is 9.64 Å². The van der Waals surface area contributed by atoms with Crippen LogP contribution in [0, 0.1) is 11.2 Å². The Kier molecular flexibility index (Phi) is 3.85. The number of hydrogen-bond donors (Lipinski definition) is 0. The monoisotopic (exact) mass is 325 g/mol. The van der Waals surface area contributed by atoms with Crippen LogP contribution in [0.15, 0.2) is 54.6 Å². The molecule has 4 rings (SSSR count). The molecule has 0 unspecified atom stereocenters. The molecular weight excluding hydrogens is 305 g/mol. The summed E-state index contributed by atoms with van der Waals surface area (Å²) in [5.41, 5.74) is 1.79. The first-order chi connectivity index (χ1) is 11.6. The summed E-state index contributed by atoms with van der Waals surface area (Å²) in [7, 11) is 0. The molecule has 4 heteroatoms. The summed E-state index contributed by atoms with van der Waals surface area (Å²) >= 11 is 0. The molecule has 24 heavy (non-hydrogen) atoms. The van der Waals surface area contributed by atoms with Gasteiger partial charge in [-0.2, -0.15) is 0 Å². The predicted octanol–water partition coefficient (Wildman–Crippen LogP) is 3.30. The number of hydrogen-bond acceptors (Lipinski definition) is 2. The summed E-state index contributed by atoms with van der Waals surface area (Å²) in [4.78, 5) is 14.3. The Morgan fingerprint density at radius 3 is 2.71 bits per heavy atom. The van der Waals surface area contributed by atoms with E-state index in [1.165, 1.54) is 6.07 Å². The lowest BCUT2D eigenvalue weighted by Gasteiger charge is -2.47. The van der Waals surface area contributed by atoms with Gasteiger partial charge in [0.15, 0.2) is 0 Å². The van der Waals surface area contributed by atoms with Crippen molar-refractivity contribution in [3.05, 3.63) is 71.5 Å². The number of carbonyl (C=O) groups excluding carboxylic acids is 1.